The number of amides is 1. The molecule has 0 heterocycles. The second kappa shape index (κ2) is 5.53. The summed E-state index contributed by atoms with van der Waals surface area (Å²) in [5.41, 5.74) is 0. The molecule has 13 heavy (non-hydrogen) atoms. The Bertz CT molecular complexity index is 192. The highest BCUT2D eigenvalue weighted by Gasteiger charge is 2.16. The van der Waals surface area contributed by atoms with Gasteiger partial charge in [-0.05, 0) is 13.5 Å². The molecular formula is C8H16N2O3. The van der Waals surface area contributed by atoms with Crippen LogP contribution < -0.4 is 5.32 Å². The normalized spacial score (nSPS) is 12.2. The van der Waals surface area contributed by atoms with Gasteiger partial charge in [0.15, 0.2) is 0 Å². The van der Waals surface area contributed by atoms with Gasteiger partial charge >= 0.3 is 5.97 Å². The number of rotatable bonds is 5. The maximum Gasteiger partial charge on any atom is 0.320 e. The molecule has 0 fully saturated rings. The number of hydrogen-bond acceptors (Lipinski definition) is 3. The third kappa shape index (κ3) is 4.47. The number of carboxylic acid groups (broad SMARTS) is 1. The maximum atomic E-state index is 11.1. The molecule has 5 heteroatoms. The fourth-order valence-electron chi connectivity index (χ4n) is 0.883. The van der Waals surface area contributed by atoms with Crippen LogP contribution in [0.4, 0.5) is 0 Å². The zero-order valence-electron chi connectivity index (χ0n) is 8.20. The molecule has 0 unspecified atom stereocenters. The van der Waals surface area contributed by atoms with E-state index in [2.05, 4.69) is 5.32 Å². The van der Waals surface area contributed by atoms with Gasteiger partial charge in [-0.1, -0.05) is 0 Å². The maximum absolute atomic E-state index is 11.1. The smallest absolute Gasteiger partial charge is 0.320 e. The van der Waals surface area contributed by atoms with Crippen molar-refractivity contribution >= 4 is 11.9 Å². The third-order valence-corrected chi connectivity index (χ3v) is 1.79. The molecule has 1 atom stereocenters. The van der Waals surface area contributed by atoms with Gasteiger partial charge in [0.25, 0.3) is 0 Å². The van der Waals surface area contributed by atoms with Gasteiger partial charge in [-0.2, -0.15) is 0 Å². The molecule has 0 saturated carbocycles. The molecule has 0 bridgehead atoms. The molecule has 0 spiro atoms. The lowest BCUT2D eigenvalue weighted by Crippen LogP contribution is -2.35. The topological polar surface area (TPSA) is 69.6 Å². The summed E-state index contributed by atoms with van der Waals surface area (Å²) in [5, 5.41) is 11.3. The number of aliphatic carboxylic acids is 1. The monoisotopic (exact) mass is 188 g/mol. The lowest BCUT2D eigenvalue weighted by Gasteiger charge is -2.13. The molecule has 76 valence electrons. The highest BCUT2D eigenvalue weighted by atomic mass is 16.4. The first-order valence-corrected chi connectivity index (χ1v) is 4.09. The molecule has 5 nitrogen and oxygen atoms in total. The van der Waals surface area contributed by atoms with Crippen LogP contribution in [0.3, 0.4) is 0 Å². The number of nitrogens with zero attached hydrogens (tertiary/aromatic N) is 1. The molecule has 0 aromatic rings. The zero-order chi connectivity index (χ0) is 10.4. The van der Waals surface area contributed by atoms with Gasteiger partial charge in [-0.3, -0.25) is 9.59 Å². The molecular weight excluding hydrogens is 172 g/mol. The van der Waals surface area contributed by atoms with Gasteiger partial charge in [0, 0.05) is 20.5 Å². The number of carbonyl (C=O) groups is 2. The van der Waals surface area contributed by atoms with Crippen LogP contribution in [0.5, 0.6) is 0 Å². The fourth-order valence-corrected chi connectivity index (χ4v) is 0.883. The predicted octanol–water partition coefficient (Wildman–Crippen LogP) is -0.473. The van der Waals surface area contributed by atoms with E-state index in [4.69, 9.17) is 5.11 Å². The molecule has 0 aliphatic rings. The van der Waals surface area contributed by atoms with E-state index < -0.39 is 12.0 Å². The first-order valence-electron chi connectivity index (χ1n) is 4.09. The fraction of sp³-hybridized carbons (Fsp3) is 0.750. The van der Waals surface area contributed by atoms with Crippen LogP contribution in [0.25, 0.3) is 0 Å². The van der Waals surface area contributed by atoms with Crippen molar-refractivity contribution in [3.05, 3.63) is 0 Å². The van der Waals surface area contributed by atoms with Gasteiger partial charge < -0.3 is 15.3 Å². The van der Waals surface area contributed by atoms with Crippen LogP contribution in [0.2, 0.25) is 0 Å². The van der Waals surface area contributed by atoms with Crippen LogP contribution >= 0.6 is 0 Å². The highest BCUT2D eigenvalue weighted by Crippen LogP contribution is 1.99. The molecule has 0 rings (SSSR count). The second-order valence-electron chi connectivity index (χ2n) is 3.01. The minimum absolute atomic E-state index is 0.0542. The Labute approximate surface area is 77.7 Å². The van der Waals surface area contributed by atoms with Gasteiger partial charge in [-0.15, -0.1) is 0 Å². The molecule has 0 radical (unpaired) electrons. The average Bonchev–Trinajstić information content (AvgIpc) is 2.04. The number of nitrogens with one attached hydrogen (secondary N) is 1. The highest BCUT2D eigenvalue weighted by molar-refractivity contribution is 5.78. The summed E-state index contributed by atoms with van der Waals surface area (Å²) in [6, 6.07) is -0.635. The van der Waals surface area contributed by atoms with E-state index >= 15 is 0 Å². The number of carboxylic acids is 1. The van der Waals surface area contributed by atoms with Crippen molar-refractivity contribution in [3.63, 3.8) is 0 Å². The Morgan fingerprint density at radius 2 is 2.00 bits per heavy atom. The second-order valence-corrected chi connectivity index (χ2v) is 3.01. The molecule has 1 amide bonds. The van der Waals surface area contributed by atoms with Gasteiger partial charge in [-0.25, -0.2) is 0 Å². The number of likely N-dealkylation sites (N-methyl/N-ethyl adjacent to an activating group) is 1. The van der Waals surface area contributed by atoms with Crippen molar-refractivity contribution in [1.29, 1.82) is 0 Å². The molecule has 0 aliphatic carbocycles. The van der Waals surface area contributed by atoms with E-state index in [0.717, 1.165) is 0 Å². The zero-order valence-corrected chi connectivity index (χ0v) is 8.20. The summed E-state index contributed by atoms with van der Waals surface area (Å²) in [5.74, 6) is -0.976. The quantitative estimate of drug-likeness (QED) is 0.612. The van der Waals surface area contributed by atoms with E-state index in [1.54, 1.807) is 21.1 Å². The van der Waals surface area contributed by atoms with E-state index in [1.165, 1.54) is 4.90 Å². The summed E-state index contributed by atoms with van der Waals surface area (Å²) in [7, 11) is 4.87. The number of carbonyl (C=O) groups excluding carboxylic acids is 1. The van der Waals surface area contributed by atoms with E-state index in [0.29, 0.717) is 6.42 Å². The standard InChI is InChI=1S/C8H16N2O3/c1-9-6(8(12)13)4-5-7(11)10(2)3/h6,9H,4-5H2,1-3H3,(H,12,13)/t6-/m0/s1. The summed E-state index contributed by atoms with van der Waals surface area (Å²) >= 11 is 0. The van der Waals surface area contributed by atoms with Gasteiger partial charge in [0.05, 0.1) is 0 Å². The Hall–Kier alpha value is -1.10. The van der Waals surface area contributed by atoms with Crippen molar-refractivity contribution in [2.45, 2.75) is 18.9 Å². The van der Waals surface area contributed by atoms with Crippen LogP contribution in [0, 0.1) is 0 Å². The van der Waals surface area contributed by atoms with Crippen molar-refractivity contribution in [2.75, 3.05) is 21.1 Å². The first-order chi connectivity index (χ1) is 5.99. The van der Waals surface area contributed by atoms with Crippen LogP contribution in [-0.4, -0.2) is 49.1 Å². The molecule has 2 N–H and O–H groups in total. The van der Waals surface area contributed by atoms with Crippen LogP contribution in [0.15, 0.2) is 0 Å². The molecule has 0 aromatic carbocycles. The Kier molecular flexibility index (Phi) is 5.06. The largest absolute Gasteiger partial charge is 0.480 e. The number of hydrogen-bond donors (Lipinski definition) is 2. The van der Waals surface area contributed by atoms with Crippen molar-refractivity contribution in [3.8, 4) is 0 Å². The van der Waals surface area contributed by atoms with Crippen LogP contribution in [-0.2, 0) is 9.59 Å². The predicted molar refractivity (Wildman–Crippen MR) is 48.4 cm³/mol. The van der Waals surface area contributed by atoms with Gasteiger partial charge in [0.1, 0.15) is 6.04 Å². The summed E-state index contributed by atoms with van der Waals surface area (Å²) in [6.07, 6.45) is 0.577. The lowest BCUT2D eigenvalue weighted by molar-refractivity contribution is -0.139. The molecule has 0 saturated heterocycles. The summed E-state index contributed by atoms with van der Waals surface area (Å²) in [6.45, 7) is 0. The van der Waals surface area contributed by atoms with Crippen molar-refractivity contribution < 1.29 is 14.7 Å². The van der Waals surface area contributed by atoms with Crippen molar-refractivity contribution in [1.82, 2.24) is 10.2 Å². The summed E-state index contributed by atoms with van der Waals surface area (Å²) < 4.78 is 0. The van der Waals surface area contributed by atoms with Crippen molar-refractivity contribution in [2.24, 2.45) is 0 Å². The third-order valence-electron chi connectivity index (χ3n) is 1.79. The molecule has 0 aromatic heterocycles. The minimum atomic E-state index is -0.922. The van der Waals surface area contributed by atoms with Gasteiger partial charge in [0.2, 0.25) is 5.91 Å². The van der Waals surface area contributed by atoms with E-state index in [-0.39, 0.29) is 12.3 Å². The summed E-state index contributed by atoms with van der Waals surface area (Å²) in [4.78, 5) is 23.1. The SMILES string of the molecule is CN[C@@H](CCC(=O)N(C)C)C(=O)O. The van der Waals surface area contributed by atoms with E-state index in [9.17, 15) is 9.59 Å². The van der Waals surface area contributed by atoms with E-state index in [1.807, 2.05) is 0 Å². The molecule has 0 aliphatic heterocycles. The Morgan fingerprint density at radius 3 is 2.31 bits per heavy atom. The average molecular weight is 188 g/mol. The Morgan fingerprint density at radius 1 is 1.46 bits per heavy atom. The van der Waals surface area contributed by atoms with Crippen LogP contribution in [0.1, 0.15) is 12.8 Å². The lowest BCUT2D eigenvalue weighted by atomic mass is 10.1. The minimum Gasteiger partial charge on any atom is -0.480 e. The first kappa shape index (κ1) is 11.9. The Balaban J connectivity index is 3.85.